The summed E-state index contributed by atoms with van der Waals surface area (Å²) in [5.41, 5.74) is 2.31. The minimum absolute atomic E-state index is 0. The van der Waals surface area contributed by atoms with E-state index in [9.17, 15) is 8.78 Å². The van der Waals surface area contributed by atoms with Gasteiger partial charge in [0, 0.05) is 50.2 Å². The van der Waals surface area contributed by atoms with Gasteiger partial charge in [0.2, 0.25) is 0 Å². The first-order valence-corrected chi connectivity index (χ1v) is 7.46. The molecule has 1 saturated heterocycles. The van der Waals surface area contributed by atoms with Gasteiger partial charge in [-0.25, -0.2) is 8.78 Å². The first kappa shape index (κ1) is 17.8. The maximum Gasteiger partial charge on any atom is 0.263 e. The van der Waals surface area contributed by atoms with Gasteiger partial charge in [-0.2, -0.15) is 0 Å². The molecule has 1 aromatic heterocycles. The van der Waals surface area contributed by atoms with Crippen molar-refractivity contribution in [3.05, 3.63) is 65.5 Å². The minimum Gasteiger partial charge on any atom is -0.314 e. The van der Waals surface area contributed by atoms with E-state index >= 15 is 0 Å². The van der Waals surface area contributed by atoms with E-state index in [0.717, 1.165) is 31.7 Å². The lowest BCUT2D eigenvalue weighted by atomic mass is 10.0. The number of nitrogens with one attached hydrogen (secondary N) is 1. The molecule has 0 radical (unpaired) electrons. The average Bonchev–Trinajstić information content (AvgIpc) is 2.57. The van der Waals surface area contributed by atoms with Crippen LogP contribution in [0.2, 0.25) is 0 Å². The number of hydrogen-bond acceptors (Lipinski definition) is 3. The van der Waals surface area contributed by atoms with Gasteiger partial charge < -0.3 is 5.32 Å². The summed E-state index contributed by atoms with van der Waals surface area (Å²) in [7, 11) is 0. The number of nitrogens with zero attached hydrogens (tertiary/aromatic N) is 2. The highest BCUT2D eigenvalue weighted by atomic mass is 35.5. The predicted molar refractivity (Wildman–Crippen MR) is 88.9 cm³/mol. The fourth-order valence-electron chi connectivity index (χ4n) is 2.84. The van der Waals surface area contributed by atoms with Crippen molar-refractivity contribution in [3.63, 3.8) is 0 Å². The highest BCUT2D eigenvalue weighted by molar-refractivity contribution is 5.85. The van der Waals surface area contributed by atoms with Crippen molar-refractivity contribution in [2.24, 2.45) is 0 Å². The molecule has 124 valence electrons. The van der Waals surface area contributed by atoms with Crippen LogP contribution in [-0.4, -0.2) is 29.5 Å². The number of aromatic nitrogens is 1. The molecule has 1 atom stereocenters. The zero-order chi connectivity index (χ0) is 15.4. The fourth-order valence-corrected chi connectivity index (χ4v) is 2.84. The molecule has 1 unspecified atom stereocenters. The molecular formula is C17H20ClF2N3. The van der Waals surface area contributed by atoms with Gasteiger partial charge in [-0.15, -0.1) is 12.4 Å². The Morgan fingerprint density at radius 2 is 2.00 bits per heavy atom. The zero-order valence-electron chi connectivity index (χ0n) is 12.7. The molecule has 0 saturated carbocycles. The average molecular weight is 340 g/mol. The highest BCUT2D eigenvalue weighted by Gasteiger charge is 2.23. The molecule has 6 heteroatoms. The van der Waals surface area contributed by atoms with E-state index in [-0.39, 0.29) is 24.0 Å². The van der Waals surface area contributed by atoms with E-state index in [0.29, 0.717) is 0 Å². The van der Waals surface area contributed by atoms with E-state index < -0.39 is 6.43 Å². The predicted octanol–water partition coefficient (Wildman–Crippen LogP) is 3.59. The number of benzene rings is 1. The molecule has 23 heavy (non-hydrogen) atoms. The van der Waals surface area contributed by atoms with Crippen molar-refractivity contribution in [1.29, 1.82) is 0 Å². The van der Waals surface area contributed by atoms with Crippen LogP contribution in [0.4, 0.5) is 8.78 Å². The van der Waals surface area contributed by atoms with Crippen LogP contribution in [0, 0.1) is 0 Å². The number of pyridine rings is 1. The van der Waals surface area contributed by atoms with Crippen molar-refractivity contribution in [3.8, 4) is 0 Å². The highest BCUT2D eigenvalue weighted by Crippen LogP contribution is 2.24. The lowest BCUT2D eigenvalue weighted by Gasteiger charge is -2.36. The van der Waals surface area contributed by atoms with Crippen molar-refractivity contribution in [2.45, 2.75) is 19.0 Å². The third-order valence-corrected chi connectivity index (χ3v) is 4.04. The monoisotopic (exact) mass is 339 g/mol. The van der Waals surface area contributed by atoms with Crippen LogP contribution in [0.3, 0.4) is 0 Å². The molecule has 3 rings (SSSR count). The van der Waals surface area contributed by atoms with Gasteiger partial charge in [0.1, 0.15) is 0 Å². The lowest BCUT2D eigenvalue weighted by molar-refractivity contribution is 0.150. The molecular weight excluding hydrogens is 320 g/mol. The molecule has 1 fully saturated rings. The number of halogens is 3. The van der Waals surface area contributed by atoms with Gasteiger partial charge >= 0.3 is 0 Å². The van der Waals surface area contributed by atoms with Crippen molar-refractivity contribution < 1.29 is 8.78 Å². The van der Waals surface area contributed by atoms with Crippen LogP contribution >= 0.6 is 12.4 Å². The summed E-state index contributed by atoms with van der Waals surface area (Å²) in [5.74, 6) is 0. The van der Waals surface area contributed by atoms with Crippen LogP contribution in [0.1, 0.15) is 29.2 Å². The molecule has 0 amide bonds. The molecule has 2 aromatic rings. The number of rotatable bonds is 4. The van der Waals surface area contributed by atoms with Crippen LogP contribution < -0.4 is 5.32 Å². The smallest absolute Gasteiger partial charge is 0.263 e. The summed E-state index contributed by atoms with van der Waals surface area (Å²) in [6.07, 6.45) is 1.26. The SMILES string of the molecule is Cl.FC(F)c1ccc(CN2CCNCC2c2cccnc2)cc1. The Balaban J connectivity index is 0.00000192. The largest absolute Gasteiger partial charge is 0.314 e. The molecule has 1 aliphatic rings. The van der Waals surface area contributed by atoms with Gasteiger partial charge in [-0.3, -0.25) is 9.88 Å². The maximum atomic E-state index is 12.6. The van der Waals surface area contributed by atoms with E-state index in [1.165, 1.54) is 17.7 Å². The summed E-state index contributed by atoms with van der Waals surface area (Å²) in [4.78, 5) is 6.56. The van der Waals surface area contributed by atoms with Crippen LogP contribution in [0.15, 0.2) is 48.8 Å². The van der Waals surface area contributed by atoms with E-state index in [1.54, 1.807) is 18.3 Å². The Bertz CT molecular complexity index is 593. The van der Waals surface area contributed by atoms with E-state index in [1.807, 2.05) is 12.3 Å². The Morgan fingerprint density at radius 3 is 2.65 bits per heavy atom. The summed E-state index contributed by atoms with van der Waals surface area (Å²) < 4.78 is 25.2. The maximum absolute atomic E-state index is 12.6. The molecule has 1 aromatic carbocycles. The normalized spacial score (nSPS) is 18.7. The standard InChI is InChI=1S/C17H19F2N3.ClH/c18-17(19)14-5-3-13(4-6-14)12-22-9-8-21-11-16(22)15-2-1-7-20-10-15;/h1-7,10,16-17,21H,8-9,11-12H2;1H. The first-order chi connectivity index (χ1) is 10.7. The van der Waals surface area contributed by atoms with Gasteiger partial charge in [0.05, 0.1) is 0 Å². The number of hydrogen-bond donors (Lipinski definition) is 1. The molecule has 3 nitrogen and oxygen atoms in total. The second-order valence-electron chi connectivity index (χ2n) is 5.52. The van der Waals surface area contributed by atoms with Gasteiger partial charge in [-0.05, 0) is 17.2 Å². The van der Waals surface area contributed by atoms with Gasteiger partial charge in [0.15, 0.2) is 0 Å². The van der Waals surface area contributed by atoms with Gasteiger partial charge in [0.25, 0.3) is 6.43 Å². The Kier molecular flexibility index (Phi) is 6.45. The molecule has 0 spiro atoms. The molecule has 2 heterocycles. The minimum atomic E-state index is -2.41. The van der Waals surface area contributed by atoms with Crippen LogP contribution in [0.25, 0.3) is 0 Å². The van der Waals surface area contributed by atoms with Crippen molar-refractivity contribution in [1.82, 2.24) is 15.2 Å². The molecule has 0 aliphatic carbocycles. The molecule has 1 aliphatic heterocycles. The second-order valence-corrected chi connectivity index (χ2v) is 5.52. The number of alkyl halides is 2. The lowest BCUT2D eigenvalue weighted by Crippen LogP contribution is -2.45. The first-order valence-electron chi connectivity index (χ1n) is 7.46. The topological polar surface area (TPSA) is 28.2 Å². The fraction of sp³-hybridized carbons (Fsp3) is 0.353. The quantitative estimate of drug-likeness (QED) is 0.922. The van der Waals surface area contributed by atoms with E-state index in [4.69, 9.17) is 0 Å². The molecule has 1 N–H and O–H groups in total. The summed E-state index contributed by atoms with van der Waals surface area (Å²) in [5, 5.41) is 3.40. The summed E-state index contributed by atoms with van der Waals surface area (Å²) in [6.45, 7) is 3.49. The third-order valence-electron chi connectivity index (χ3n) is 4.04. The molecule has 0 bridgehead atoms. The van der Waals surface area contributed by atoms with Gasteiger partial charge in [-0.1, -0.05) is 30.3 Å². The summed E-state index contributed by atoms with van der Waals surface area (Å²) >= 11 is 0. The number of piperazine rings is 1. The van der Waals surface area contributed by atoms with E-state index in [2.05, 4.69) is 21.3 Å². The zero-order valence-corrected chi connectivity index (χ0v) is 13.5. The Labute approximate surface area is 141 Å². The van der Waals surface area contributed by atoms with Crippen molar-refractivity contribution in [2.75, 3.05) is 19.6 Å². The summed E-state index contributed by atoms with van der Waals surface area (Å²) in [6, 6.07) is 10.9. The van der Waals surface area contributed by atoms with Crippen LogP contribution in [-0.2, 0) is 6.54 Å². The van der Waals surface area contributed by atoms with Crippen LogP contribution in [0.5, 0.6) is 0 Å². The Morgan fingerprint density at radius 1 is 1.22 bits per heavy atom. The second kappa shape index (κ2) is 8.34. The third kappa shape index (κ3) is 4.47. The van der Waals surface area contributed by atoms with Crippen molar-refractivity contribution >= 4 is 12.4 Å². The Hall–Kier alpha value is -1.56.